The molecule has 0 N–H and O–H groups in total. The van der Waals surface area contributed by atoms with Gasteiger partial charge >= 0.3 is 0 Å². The molecule has 7 nitrogen and oxygen atoms in total. The highest BCUT2D eigenvalue weighted by molar-refractivity contribution is 5.97. The highest BCUT2D eigenvalue weighted by Crippen LogP contribution is 2.26. The number of hydrogen-bond acceptors (Lipinski definition) is 6. The summed E-state index contributed by atoms with van der Waals surface area (Å²) in [6.07, 6.45) is -0.432. The van der Waals surface area contributed by atoms with Gasteiger partial charge in [0, 0.05) is 12.1 Å². The van der Waals surface area contributed by atoms with Crippen LogP contribution in [0.4, 0.5) is 0 Å². The number of carbonyl (C=O) groups is 1. The average Bonchev–Trinajstić information content (AvgIpc) is 3.24. The van der Waals surface area contributed by atoms with Gasteiger partial charge in [0.1, 0.15) is 11.9 Å². The smallest absolute Gasteiger partial charge is 0.258 e. The number of aromatic nitrogens is 2. The molecule has 1 aliphatic heterocycles. The molecule has 7 heteroatoms. The van der Waals surface area contributed by atoms with E-state index in [1.165, 1.54) is 0 Å². The van der Waals surface area contributed by atoms with Gasteiger partial charge in [-0.3, -0.25) is 4.79 Å². The summed E-state index contributed by atoms with van der Waals surface area (Å²) in [4.78, 5) is 19.1. The topological polar surface area (TPSA) is 77.7 Å². The maximum Gasteiger partial charge on any atom is 0.258 e. The molecular formula is C20H19N3O4. The molecule has 0 aliphatic carbocycles. The van der Waals surface area contributed by atoms with Crippen molar-refractivity contribution in [3.8, 4) is 17.2 Å². The van der Waals surface area contributed by atoms with Crippen LogP contribution in [-0.4, -0.2) is 47.8 Å². The van der Waals surface area contributed by atoms with Crippen LogP contribution in [0.5, 0.6) is 5.75 Å². The van der Waals surface area contributed by atoms with E-state index >= 15 is 0 Å². The molecular weight excluding hydrogens is 346 g/mol. The van der Waals surface area contributed by atoms with Crippen molar-refractivity contribution >= 4 is 5.91 Å². The maximum atomic E-state index is 12.9. The lowest BCUT2D eigenvalue weighted by Gasteiger charge is -2.31. The lowest BCUT2D eigenvalue weighted by molar-refractivity contribution is -0.0277. The molecule has 1 aromatic heterocycles. The first-order valence-corrected chi connectivity index (χ1v) is 8.69. The number of amides is 1. The zero-order chi connectivity index (χ0) is 18.6. The first-order valence-electron chi connectivity index (χ1n) is 8.69. The summed E-state index contributed by atoms with van der Waals surface area (Å²) in [6, 6.07) is 16.7. The van der Waals surface area contributed by atoms with E-state index in [-0.39, 0.29) is 5.91 Å². The molecule has 1 fully saturated rings. The molecule has 3 aromatic rings. The Balaban J connectivity index is 1.52. The van der Waals surface area contributed by atoms with Crippen LogP contribution >= 0.6 is 0 Å². The number of carbonyl (C=O) groups excluding carboxylic acids is 1. The Morgan fingerprint density at radius 3 is 2.74 bits per heavy atom. The van der Waals surface area contributed by atoms with Crippen molar-refractivity contribution < 1.29 is 18.8 Å². The zero-order valence-corrected chi connectivity index (χ0v) is 14.9. The summed E-state index contributed by atoms with van der Waals surface area (Å²) in [5, 5.41) is 4.04. The minimum Gasteiger partial charge on any atom is -0.496 e. The average molecular weight is 365 g/mol. The number of nitrogens with zero attached hydrogens (tertiary/aromatic N) is 3. The molecule has 138 valence electrons. The molecule has 2 aromatic carbocycles. The lowest BCUT2D eigenvalue weighted by Crippen LogP contribution is -2.42. The van der Waals surface area contributed by atoms with Crippen LogP contribution in [0.25, 0.3) is 11.5 Å². The Bertz CT molecular complexity index is 926. The number of morpholine rings is 1. The van der Waals surface area contributed by atoms with Gasteiger partial charge in [0.2, 0.25) is 5.82 Å². The Morgan fingerprint density at radius 2 is 1.93 bits per heavy atom. The highest BCUT2D eigenvalue weighted by Gasteiger charge is 2.30. The van der Waals surface area contributed by atoms with Crippen molar-refractivity contribution in [2.24, 2.45) is 0 Å². The summed E-state index contributed by atoms with van der Waals surface area (Å²) in [7, 11) is 1.55. The van der Waals surface area contributed by atoms with Gasteiger partial charge in [-0.05, 0) is 24.3 Å². The Kier molecular flexibility index (Phi) is 4.84. The molecule has 0 unspecified atom stereocenters. The fourth-order valence-electron chi connectivity index (χ4n) is 3.05. The minimum absolute atomic E-state index is 0.104. The van der Waals surface area contributed by atoms with Gasteiger partial charge in [-0.1, -0.05) is 35.5 Å². The molecule has 1 aliphatic rings. The number of hydrogen-bond donors (Lipinski definition) is 0. The normalized spacial score (nSPS) is 16.9. The number of para-hydroxylation sites is 1. The molecule has 1 atom stereocenters. The molecule has 1 amide bonds. The predicted octanol–water partition coefficient (Wildman–Crippen LogP) is 2.96. The largest absolute Gasteiger partial charge is 0.496 e. The van der Waals surface area contributed by atoms with Crippen molar-refractivity contribution in [2.45, 2.75) is 6.10 Å². The Labute approximate surface area is 156 Å². The summed E-state index contributed by atoms with van der Waals surface area (Å²) >= 11 is 0. The van der Waals surface area contributed by atoms with E-state index in [2.05, 4.69) is 10.1 Å². The van der Waals surface area contributed by atoms with Gasteiger partial charge in [0.15, 0.2) is 0 Å². The van der Waals surface area contributed by atoms with E-state index in [1.54, 1.807) is 24.1 Å². The summed E-state index contributed by atoms with van der Waals surface area (Å²) < 4.78 is 16.4. The van der Waals surface area contributed by atoms with Gasteiger partial charge in [0.05, 0.1) is 25.8 Å². The second kappa shape index (κ2) is 7.59. The lowest BCUT2D eigenvalue weighted by atomic mass is 10.1. The SMILES string of the molecule is COc1ccccc1C(=O)N1CCO[C@@H](c2noc(-c3ccccc3)n2)C1. The van der Waals surface area contributed by atoms with Crippen LogP contribution in [0.15, 0.2) is 59.1 Å². The highest BCUT2D eigenvalue weighted by atomic mass is 16.5. The number of ether oxygens (including phenoxy) is 2. The van der Waals surface area contributed by atoms with E-state index in [4.69, 9.17) is 14.0 Å². The quantitative estimate of drug-likeness (QED) is 0.707. The van der Waals surface area contributed by atoms with Crippen molar-refractivity contribution in [2.75, 3.05) is 26.8 Å². The summed E-state index contributed by atoms with van der Waals surface area (Å²) in [5.74, 6) is 1.32. The van der Waals surface area contributed by atoms with Crippen LogP contribution in [0.3, 0.4) is 0 Å². The summed E-state index contributed by atoms with van der Waals surface area (Å²) in [5.41, 5.74) is 1.37. The fraction of sp³-hybridized carbons (Fsp3) is 0.250. The van der Waals surface area contributed by atoms with E-state index < -0.39 is 6.10 Å². The second-order valence-corrected chi connectivity index (χ2v) is 6.13. The second-order valence-electron chi connectivity index (χ2n) is 6.13. The monoisotopic (exact) mass is 365 g/mol. The maximum absolute atomic E-state index is 12.9. The Hall–Kier alpha value is -3.19. The van der Waals surface area contributed by atoms with E-state index in [0.717, 1.165) is 5.56 Å². The van der Waals surface area contributed by atoms with Gasteiger partial charge in [-0.15, -0.1) is 0 Å². The molecule has 27 heavy (non-hydrogen) atoms. The number of benzene rings is 2. The van der Waals surface area contributed by atoms with Crippen molar-refractivity contribution in [1.29, 1.82) is 0 Å². The van der Waals surface area contributed by atoms with Crippen LogP contribution in [0, 0.1) is 0 Å². The van der Waals surface area contributed by atoms with Crippen LogP contribution in [-0.2, 0) is 4.74 Å². The van der Waals surface area contributed by atoms with Crippen molar-refractivity contribution in [1.82, 2.24) is 15.0 Å². The molecule has 0 saturated carbocycles. The Morgan fingerprint density at radius 1 is 1.15 bits per heavy atom. The third-order valence-electron chi connectivity index (χ3n) is 4.44. The number of rotatable bonds is 4. The third-order valence-corrected chi connectivity index (χ3v) is 4.44. The number of methoxy groups -OCH3 is 1. The van der Waals surface area contributed by atoms with Gasteiger partial charge in [0.25, 0.3) is 11.8 Å². The van der Waals surface area contributed by atoms with E-state index in [1.807, 2.05) is 42.5 Å². The van der Waals surface area contributed by atoms with Crippen LogP contribution in [0.2, 0.25) is 0 Å². The third kappa shape index (κ3) is 3.54. The fourth-order valence-corrected chi connectivity index (χ4v) is 3.05. The molecule has 0 radical (unpaired) electrons. The van der Waals surface area contributed by atoms with Gasteiger partial charge < -0.3 is 18.9 Å². The van der Waals surface area contributed by atoms with E-state index in [9.17, 15) is 4.79 Å². The first kappa shape index (κ1) is 17.2. The van der Waals surface area contributed by atoms with Gasteiger partial charge in [-0.2, -0.15) is 4.98 Å². The molecule has 2 heterocycles. The van der Waals surface area contributed by atoms with Gasteiger partial charge in [-0.25, -0.2) is 0 Å². The van der Waals surface area contributed by atoms with E-state index in [0.29, 0.717) is 42.7 Å². The summed E-state index contributed by atoms with van der Waals surface area (Å²) in [6.45, 7) is 1.25. The first-order chi connectivity index (χ1) is 13.3. The van der Waals surface area contributed by atoms with Crippen molar-refractivity contribution in [3.05, 3.63) is 66.0 Å². The minimum atomic E-state index is -0.432. The zero-order valence-electron chi connectivity index (χ0n) is 14.9. The van der Waals surface area contributed by atoms with Crippen LogP contribution < -0.4 is 4.74 Å². The molecule has 0 spiro atoms. The molecule has 1 saturated heterocycles. The molecule has 0 bridgehead atoms. The van der Waals surface area contributed by atoms with Crippen molar-refractivity contribution in [3.63, 3.8) is 0 Å². The predicted molar refractivity (Wildman–Crippen MR) is 97.3 cm³/mol. The standard InChI is InChI=1S/C20H19N3O4/c1-25-16-10-6-5-9-15(16)20(24)23-11-12-26-17(13-23)18-21-19(27-22-18)14-7-3-2-4-8-14/h2-10,17H,11-13H2,1H3/t17-/m1/s1. The molecule has 4 rings (SSSR count). The van der Waals surface area contributed by atoms with Crippen LogP contribution in [0.1, 0.15) is 22.3 Å².